The quantitative estimate of drug-likeness (QED) is 0.868. The van der Waals surface area contributed by atoms with Crippen molar-refractivity contribution in [3.63, 3.8) is 0 Å². The van der Waals surface area contributed by atoms with E-state index in [-0.39, 0.29) is 0 Å². The molecular formula is C18H31N3. The van der Waals surface area contributed by atoms with Crippen LogP contribution >= 0.6 is 0 Å². The van der Waals surface area contributed by atoms with Crippen molar-refractivity contribution in [1.29, 1.82) is 0 Å². The molecule has 1 aromatic rings. The smallest absolute Gasteiger partial charge is 0.0366 e. The number of likely N-dealkylation sites (tertiary alicyclic amines) is 1. The number of rotatable bonds is 6. The molecule has 0 bridgehead atoms. The minimum Gasteiger partial charge on any atom is -0.372 e. The van der Waals surface area contributed by atoms with Gasteiger partial charge in [-0.25, -0.2) is 0 Å². The summed E-state index contributed by atoms with van der Waals surface area (Å²) < 4.78 is 0. The van der Waals surface area contributed by atoms with Crippen molar-refractivity contribution in [3.8, 4) is 0 Å². The Labute approximate surface area is 130 Å². The number of benzene rings is 1. The first-order chi connectivity index (χ1) is 10.1. The van der Waals surface area contributed by atoms with Crippen LogP contribution in [0.3, 0.4) is 0 Å². The first-order valence-corrected chi connectivity index (χ1v) is 8.27. The monoisotopic (exact) mass is 289 g/mol. The van der Waals surface area contributed by atoms with Crippen LogP contribution in [0.15, 0.2) is 24.3 Å². The lowest BCUT2D eigenvalue weighted by Crippen LogP contribution is -2.41. The SMILES string of the molecule is CC(C)CNCc1ccc(N(C)C2CCN(C)CC2)cc1. The summed E-state index contributed by atoms with van der Waals surface area (Å²) >= 11 is 0. The molecule has 1 saturated heterocycles. The van der Waals surface area contributed by atoms with Crippen LogP contribution in [0.2, 0.25) is 0 Å². The van der Waals surface area contributed by atoms with Gasteiger partial charge in [0.25, 0.3) is 0 Å². The Balaban J connectivity index is 1.86. The van der Waals surface area contributed by atoms with Crippen LogP contribution in [0, 0.1) is 5.92 Å². The summed E-state index contributed by atoms with van der Waals surface area (Å²) in [6.45, 7) is 8.96. The molecule has 0 spiro atoms. The third-order valence-corrected chi connectivity index (χ3v) is 4.46. The van der Waals surface area contributed by atoms with Crippen molar-refractivity contribution >= 4 is 5.69 Å². The van der Waals surface area contributed by atoms with Crippen molar-refractivity contribution in [2.45, 2.75) is 39.3 Å². The number of piperidine rings is 1. The van der Waals surface area contributed by atoms with E-state index < -0.39 is 0 Å². The van der Waals surface area contributed by atoms with E-state index in [4.69, 9.17) is 0 Å². The highest BCUT2D eigenvalue weighted by atomic mass is 15.2. The molecule has 21 heavy (non-hydrogen) atoms. The minimum absolute atomic E-state index is 0.686. The second kappa shape index (κ2) is 7.81. The number of nitrogens with one attached hydrogen (secondary N) is 1. The van der Waals surface area contributed by atoms with Gasteiger partial charge in [0.05, 0.1) is 0 Å². The minimum atomic E-state index is 0.686. The Morgan fingerprint density at radius 1 is 1.19 bits per heavy atom. The molecule has 118 valence electrons. The third-order valence-electron chi connectivity index (χ3n) is 4.46. The molecule has 3 nitrogen and oxygen atoms in total. The molecule has 0 amide bonds. The van der Waals surface area contributed by atoms with Gasteiger partial charge in [0.15, 0.2) is 0 Å². The van der Waals surface area contributed by atoms with Crippen LogP contribution in [0.4, 0.5) is 5.69 Å². The van der Waals surface area contributed by atoms with Gasteiger partial charge in [-0.15, -0.1) is 0 Å². The molecule has 1 N–H and O–H groups in total. The predicted octanol–water partition coefficient (Wildman–Crippen LogP) is 2.96. The lowest BCUT2D eigenvalue weighted by molar-refractivity contribution is 0.253. The van der Waals surface area contributed by atoms with Crippen molar-refractivity contribution in [2.75, 3.05) is 38.6 Å². The van der Waals surface area contributed by atoms with Gasteiger partial charge in [0, 0.05) is 25.3 Å². The molecular weight excluding hydrogens is 258 g/mol. The first-order valence-electron chi connectivity index (χ1n) is 8.27. The molecule has 1 aromatic carbocycles. The molecule has 1 fully saturated rings. The molecule has 0 aromatic heterocycles. The molecule has 0 unspecified atom stereocenters. The molecule has 0 radical (unpaired) electrons. The summed E-state index contributed by atoms with van der Waals surface area (Å²) in [7, 11) is 4.46. The van der Waals surface area contributed by atoms with Gasteiger partial charge in [-0.3, -0.25) is 0 Å². The van der Waals surface area contributed by atoms with Crippen LogP contribution in [-0.2, 0) is 6.54 Å². The number of anilines is 1. The fourth-order valence-electron chi connectivity index (χ4n) is 2.95. The lowest BCUT2D eigenvalue weighted by atomic mass is 10.0. The summed E-state index contributed by atoms with van der Waals surface area (Å²) in [5.41, 5.74) is 2.72. The number of nitrogens with zero attached hydrogens (tertiary/aromatic N) is 2. The topological polar surface area (TPSA) is 18.5 Å². The van der Waals surface area contributed by atoms with Crippen LogP contribution in [0.5, 0.6) is 0 Å². The van der Waals surface area contributed by atoms with E-state index in [1.165, 1.54) is 37.2 Å². The largest absolute Gasteiger partial charge is 0.372 e. The standard InChI is InChI=1S/C18H31N3/c1-15(2)13-19-14-16-5-7-17(8-6-16)21(4)18-9-11-20(3)12-10-18/h5-8,15,18-19H,9-14H2,1-4H3. The first kappa shape index (κ1) is 16.3. The van der Waals surface area contributed by atoms with Crippen LogP contribution in [0.1, 0.15) is 32.3 Å². The van der Waals surface area contributed by atoms with Crippen molar-refractivity contribution in [2.24, 2.45) is 5.92 Å². The van der Waals surface area contributed by atoms with Gasteiger partial charge in [-0.05, 0) is 63.1 Å². The normalized spacial score (nSPS) is 17.4. The van der Waals surface area contributed by atoms with Gasteiger partial charge in [-0.1, -0.05) is 26.0 Å². The molecule has 0 saturated carbocycles. The van der Waals surface area contributed by atoms with E-state index in [2.05, 4.69) is 67.3 Å². The maximum Gasteiger partial charge on any atom is 0.0366 e. The molecule has 0 aliphatic carbocycles. The maximum atomic E-state index is 3.50. The average molecular weight is 289 g/mol. The van der Waals surface area contributed by atoms with Crippen LogP contribution < -0.4 is 10.2 Å². The second-order valence-corrected chi connectivity index (χ2v) is 6.84. The Bertz CT molecular complexity index is 405. The van der Waals surface area contributed by atoms with Crippen molar-refractivity contribution < 1.29 is 0 Å². The fourth-order valence-corrected chi connectivity index (χ4v) is 2.95. The Kier molecular flexibility index (Phi) is 6.07. The van der Waals surface area contributed by atoms with Gasteiger partial charge in [-0.2, -0.15) is 0 Å². The summed E-state index contributed by atoms with van der Waals surface area (Å²) in [6, 6.07) is 9.74. The zero-order valence-corrected chi connectivity index (χ0v) is 14.1. The molecule has 1 heterocycles. The van der Waals surface area contributed by atoms with E-state index in [9.17, 15) is 0 Å². The van der Waals surface area contributed by atoms with Gasteiger partial charge >= 0.3 is 0 Å². The molecule has 0 atom stereocenters. The van der Waals surface area contributed by atoms with E-state index in [0.717, 1.165) is 13.1 Å². The van der Waals surface area contributed by atoms with E-state index in [1.54, 1.807) is 0 Å². The number of hydrogen-bond acceptors (Lipinski definition) is 3. The van der Waals surface area contributed by atoms with Crippen molar-refractivity contribution in [3.05, 3.63) is 29.8 Å². The van der Waals surface area contributed by atoms with E-state index in [0.29, 0.717) is 12.0 Å². The highest BCUT2D eigenvalue weighted by molar-refractivity contribution is 5.48. The van der Waals surface area contributed by atoms with E-state index >= 15 is 0 Å². The molecule has 2 rings (SSSR count). The average Bonchev–Trinajstić information content (AvgIpc) is 2.48. The van der Waals surface area contributed by atoms with Crippen LogP contribution in [-0.4, -0.2) is 44.7 Å². The summed E-state index contributed by atoms with van der Waals surface area (Å²) in [5.74, 6) is 0.708. The summed E-state index contributed by atoms with van der Waals surface area (Å²) in [5, 5.41) is 3.50. The number of hydrogen-bond donors (Lipinski definition) is 1. The van der Waals surface area contributed by atoms with Crippen molar-refractivity contribution in [1.82, 2.24) is 10.2 Å². The highest BCUT2D eigenvalue weighted by Crippen LogP contribution is 2.22. The van der Waals surface area contributed by atoms with Crippen LogP contribution in [0.25, 0.3) is 0 Å². The Morgan fingerprint density at radius 3 is 2.38 bits per heavy atom. The predicted molar refractivity (Wildman–Crippen MR) is 91.9 cm³/mol. The second-order valence-electron chi connectivity index (χ2n) is 6.84. The van der Waals surface area contributed by atoms with E-state index in [1.807, 2.05) is 0 Å². The summed E-state index contributed by atoms with van der Waals surface area (Å²) in [4.78, 5) is 4.88. The maximum absolute atomic E-state index is 3.50. The third kappa shape index (κ3) is 5.01. The van der Waals surface area contributed by atoms with Gasteiger partial charge in [0.2, 0.25) is 0 Å². The molecule has 1 aliphatic rings. The fraction of sp³-hybridized carbons (Fsp3) is 0.667. The zero-order valence-electron chi connectivity index (χ0n) is 14.1. The van der Waals surface area contributed by atoms with Gasteiger partial charge in [0.1, 0.15) is 0 Å². The Hall–Kier alpha value is -1.06. The zero-order chi connectivity index (χ0) is 15.2. The lowest BCUT2D eigenvalue weighted by Gasteiger charge is -2.36. The molecule has 3 heteroatoms. The Morgan fingerprint density at radius 2 is 1.81 bits per heavy atom. The summed E-state index contributed by atoms with van der Waals surface area (Å²) in [6.07, 6.45) is 2.54. The van der Waals surface area contributed by atoms with Gasteiger partial charge < -0.3 is 15.1 Å². The highest BCUT2D eigenvalue weighted by Gasteiger charge is 2.20. The molecule has 1 aliphatic heterocycles.